The Kier molecular flexibility index (Phi) is 11.3. The summed E-state index contributed by atoms with van der Waals surface area (Å²) >= 11 is 0. The van der Waals surface area contributed by atoms with Crippen LogP contribution in [-0.4, -0.2) is 34.0 Å². The van der Waals surface area contributed by atoms with Crippen molar-refractivity contribution in [3.8, 4) is 11.5 Å². The lowest BCUT2D eigenvalue weighted by Crippen LogP contribution is -2.31. The molecule has 1 aliphatic rings. The van der Waals surface area contributed by atoms with Crippen molar-refractivity contribution in [3.05, 3.63) is 48.0 Å². The van der Waals surface area contributed by atoms with E-state index in [0.717, 1.165) is 51.6 Å². The average Bonchev–Trinajstić information content (AvgIpc) is 3.16. The zero-order valence-corrected chi connectivity index (χ0v) is 23.2. The van der Waals surface area contributed by atoms with E-state index < -0.39 is 10.0 Å². The van der Waals surface area contributed by atoms with Crippen molar-refractivity contribution < 1.29 is 17.9 Å². The van der Waals surface area contributed by atoms with Gasteiger partial charge in [0.1, 0.15) is 10.6 Å². The van der Waals surface area contributed by atoms with Crippen LogP contribution in [-0.2, 0) is 10.0 Å². The van der Waals surface area contributed by atoms with E-state index in [-0.39, 0.29) is 22.1 Å². The largest absolute Gasteiger partial charge is 0.454 e. The summed E-state index contributed by atoms with van der Waals surface area (Å²) in [6.45, 7) is 6.27. The molecular formula is C29H43N3O4S. The molecule has 37 heavy (non-hydrogen) atoms. The Morgan fingerprint density at radius 3 is 2.19 bits per heavy atom. The summed E-state index contributed by atoms with van der Waals surface area (Å²) in [5.74, 6) is 0.842. The predicted molar refractivity (Wildman–Crippen MR) is 150 cm³/mol. The molecule has 0 spiro atoms. The second-order valence-corrected chi connectivity index (χ2v) is 11.6. The first-order valence-electron chi connectivity index (χ1n) is 13.8. The molecule has 1 aliphatic carbocycles. The highest BCUT2D eigenvalue weighted by Crippen LogP contribution is 2.39. The second kappa shape index (κ2) is 14.4. The monoisotopic (exact) mass is 529 g/mol. The van der Waals surface area contributed by atoms with Gasteiger partial charge in [0.05, 0.1) is 5.69 Å². The summed E-state index contributed by atoms with van der Waals surface area (Å²) in [4.78, 5) is 15.3. The molecule has 2 aromatic carbocycles. The van der Waals surface area contributed by atoms with Crippen LogP contribution in [0.25, 0.3) is 0 Å². The minimum absolute atomic E-state index is 0.168. The Bertz CT molecular complexity index is 1090. The summed E-state index contributed by atoms with van der Waals surface area (Å²) < 4.78 is 31.8. The molecule has 2 aromatic rings. The number of hydrogen-bond donors (Lipinski definition) is 2. The third-order valence-corrected chi connectivity index (χ3v) is 7.91. The molecule has 3 rings (SSSR count). The third kappa shape index (κ3) is 8.75. The van der Waals surface area contributed by atoms with Crippen molar-refractivity contribution in [1.82, 2.24) is 5.32 Å². The first kappa shape index (κ1) is 29.0. The van der Waals surface area contributed by atoms with Gasteiger partial charge in [0, 0.05) is 25.2 Å². The van der Waals surface area contributed by atoms with Crippen molar-refractivity contribution >= 4 is 21.6 Å². The van der Waals surface area contributed by atoms with Crippen LogP contribution < -0.4 is 20.1 Å². The summed E-state index contributed by atoms with van der Waals surface area (Å²) in [5, 5.41) is 8.76. The van der Waals surface area contributed by atoms with Gasteiger partial charge in [-0.2, -0.15) is 0 Å². The molecule has 204 valence electrons. The molecule has 8 heteroatoms. The number of benzene rings is 2. The maximum Gasteiger partial charge on any atom is 0.251 e. The Labute approximate surface area is 222 Å². The number of amides is 1. The highest BCUT2D eigenvalue weighted by molar-refractivity contribution is 7.89. The molecule has 0 radical (unpaired) electrons. The van der Waals surface area contributed by atoms with E-state index in [1.54, 1.807) is 18.2 Å². The lowest BCUT2D eigenvalue weighted by atomic mass is 10.0. The number of para-hydroxylation sites is 1. The van der Waals surface area contributed by atoms with Gasteiger partial charge in [-0.3, -0.25) is 4.79 Å². The van der Waals surface area contributed by atoms with Crippen LogP contribution >= 0.6 is 0 Å². The summed E-state index contributed by atoms with van der Waals surface area (Å²) in [6.07, 6.45) is 10.9. The van der Waals surface area contributed by atoms with Crippen molar-refractivity contribution in [1.29, 1.82) is 0 Å². The standard InChI is InChI=1S/C29H43N3O4S/c1-3-5-18-32(19-6-4-2)26-20-24(29(33)31-22-23-14-10-7-8-11-15-23)21-27(37(30,34)35)28(26)36-25-16-12-9-13-17-25/h9,12-13,16-17,20-21,23H,3-8,10-11,14-15,18-19,22H2,1-2H3,(H,31,33)(H2,30,34,35). The topological polar surface area (TPSA) is 102 Å². The van der Waals surface area contributed by atoms with Crippen LogP contribution in [0.3, 0.4) is 0 Å². The Balaban J connectivity index is 2.04. The van der Waals surface area contributed by atoms with Crippen LogP contribution in [0.4, 0.5) is 5.69 Å². The first-order chi connectivity index (χ1) is 17.8. The lowest BCUT2D eigenvalue weighted by Gasteiger charge is -2.28. The van der Waals surface area contributed by atoms with Gasteiger partial charge in [0.15, 0.2) is 5.75 Å². The number of carbonyl (C=O) groups is 1. The average molecular weight is 530 g/mol. The molecule has 0 heterocycles. The number of anilines is 1. The fourth-order valence-corrected chi connectivity index (χ4v) is 5.53. The number of unbranched alkanes of at least 4 members (excludes halogenated alkanes) is 2. The zero-order chi connectivity index (χ0) is 26.7. The zero-order valence-electron chi connectivity index (χ0n) is 22.4. The van der Waals surface area contributed by atoms with Gasteiger partial charge in [0.2, 0.25) is 10.0 Å². The van der Waals surface area contributed by atoms with Crippen molar-refractivity contribution in [2.75, 3.05) is 24.5 Å². The lowest BCUT2D eigenvalue weighted by molar-refractivity contribution is 0.0945. The van der Waals surface area contributed by atoms with Gasteiger partial charge in [-0.15, -0.1) is 0 Å². The molecule has 7 nitrogen and oxygen atoms in total. The van der Waals surface area contributed by atoms with Gasteiger partial charge in [0.25, 0.3) is 5.91 Å². The third-order valence-electron chi connectivity index (χ3n) is 7.00. The molecule has 0 bridgehead atoms. The molecule has 1 fully saturated rings. The number of carbonyl (C=O) groups excluding carboxylic acids is 1. The van der Waals surface area contributed by atoms with Crippen LogP contribution in [0.2, 0.25) is 0 Å². The molecule has 0 unspecified atom stereocenters. The number of sulfonamides is 1. The number of nitrogens with two attached hydrogens (primary N) is 1. The van der Waals surface area contributed by atoms with Gasteiger partial charge in [-0.25, -0.2) is 13.6 Å². The molecule has 0 saturated heterocycles. The van der Waals surface area contributed by atoms with E-state index in [0.29, 0.717) is 23.9 Å². The van der Waals surface area contributed by atoms with E-state index in [4.69, 9.17) is 9.88 Å². The molecule has 0 atom stereocenters. The fraction of sp³-hybridized carbons (Fsp3) is 0.552. The number of nitrogens with one attached hydrogen (secondary N) is 1. The van der Waals surface area contributed by atoms with Crippen LogP contribution in [0.1, 0.15) is 88.4 Å². The maximum atomic E-state index is 13.3. The van der Waals surface area contributed by atoms with Gasteiger partial charge in [-0.1, -0.05) is 70.6 Å². The van der Waals surface area contributed by atoms with Crippen molar-refractivity contribution in [2.24, 2.45) is 11.1 Å². The Morgan fingerprint density at radius 2 is 1.62 bits per heavy atom. The van der Waals surface area contributed by atoms with E-state index in [9.17, 15) is 13.2 Å². The molecular weight excluding hydrogens is 486 g/mol. The van der Waals surface area contributed by atoms with Gasteiger partial charge < -0.3 is 15.0 Å². The van der Waals surface area contributed by atoms with E-state index >= 15 is 0 Å². The summed E-state index contributed by atoms with van der Waals surface area (Å²) in [7, 11) is -4.18. The number of nitrogens with zero attached hydrogens (tertiary/aromatic N) is 1. The van der Waals surface area contributed by atoms with E-state index in [2.05, 4.69) is 24.1 Å². The smallest absolute Gasteiger partial charge is 0.251 e. The summed E-state index contributed by atoms with van der Waals surface area (Å²) in [6, 6.07) is 12.2. The Morgan fingerprint density at radius 1 is 1.00 bits per heavy atom. The number of rotatable bonds is 13. The normalized spacial score (nSPS) is 14.7. The van der Waals surface area contributed by atoms with E-state index in [1.807, 2.05) is 18.2 Å². The Hall–Kier alpha value is -2.58. The number of primary sulfonamides is 1. The van der Waals surface area contributed by atoms with Crippen molar-refractivity contribution in [2.45, 2.75) is 83.0 Å². The molecule has 1 amide bonds. The summed E-state index contributed by atoms with van der Waals surface area (Å²) in [5.41, 5.74) is 0.864. The molecule has 1 saturated carbocycles. The molecule has 0 aromatic heterocycles. The van der Waals surface area contributed by atoms with Gasteiger partial charge in [-0.05, 0) is 55.9 Å². The SMILES string of the molecule is CCCCN(CCCC)c1cc(C(=O)NCC2CCCCCC2)cc(S(N)(=O)=O)c1Oc1ccccc1. The van der Waals surface area contributed by atoms with Crippen LogP contribution in [0.15, 0.2) is 47.4 Å². The van der Waals surface area contributed by atoms with E-state index in [1.165, 1.54) is 31.7 Å². The minimum atomic E-state index is -4.18. The van der Waals surface area contributed by atoms with Crippen LogP contribution in [0, 0.1) is 5.92 Å². The fourth-order valence-electron chi connectivity index (χ4n) is 4.83. The molecule has 0 aliphatic heterocycles. The maximum absolute atomic E-state index is 13.3. The highest BCUT2D eigenvalue weighted by atomic mass is 32.2. The second-order valence-electron chi connectivity index (χ2n) is 10.0. The highest BCUT2D eigenvalue weighted by Gasteiger charge is 2.26. The van der Waals surface area contributed by atoms with Crippen LogP contribution in [0.5, 0.6) is 11.5 Å². The van der Waals surface area contributed by atoms with Gasteiger partial charge >= 0.3 is 0 Å². The predicted octanol–water partition coefficient (Wildman–Crippen LogP) is 6.23. The molecule has 3 N–H and O–H groups in total. The number of hydrogen-bond acceptors (Lipinski definition) is 5. The van der Waals surface area contributed by atoms with Crippen molar-refractivity contribution in [3.63, 3.8) is 0 Å². The quantitative estimate of drug-likeness (QED) is 0.299. The number of ether oxygens (including phenoxy) is 1. The first-order valence-corrected chi connectivity index (χ1v) is 15.3. The minimum Gasteiger partial charge on any atom is -0.454 e.